The number of aromatic hydroxyl groups is 2. The van der Waals surface area contributed by atoms with E-state index in [-0.39, 0.29) is 35.0 Å². The molecule has 0 aliphatic carbocycles. The van der Waals surface area contributed by atoms with E-state index in [1.165, 1.54) is 19.2 Å². The number of carboxylic acid groups (broad SMARTS) is 1. The molecule has 0 spiro atoms. The van der Waals surface area contributed by atoms with Gasteiger partial charge >= 0.3 is 5.97 Å². The van der Waals surface area contributed by atoms with Gasteiger partial charge in [0.05, 0.1) is 13.5 Å². The van der Waals surface area contributed by atoms with Crippen molar-refractivity contribution in [2.75, 3.05) is 7.11 Å². The van der Waals surface area contributed by atoms with Crippen molar-refractivity contribution in [1.82, 2.24) is 0 Å². The Hall–Kier alpha value is -3.58. The number of benzene rings is 2. The molecule has 2 heterocycles. The van der Waals surface area contributed by atoms with Crippen LogP contribution in [0.25, 0.3) is 0 Å². The molecule has 12 nitrogen and oxygen atoms in total. The molecule has 2 aromatic rings. The molecule has 1 saturated heterocycles. The number of phenolic OH excluding ortho intramolecular Hbond substituents is 2. The highest BCUT2D eigenvalue weighted by atomic mass is 16.7. The molecule has 12 heteroatoms. The molecule has 4 rings (SSSR count). The summed E-state index contributed by atoms with van der Waals surface area (Å²) in [7, 11) is 1.17. The van der Waals surface area contributed by atoms with Crippen LogP contribution in [0.5, 0.6) is 28.7 Å². The minimum absolute atomic E-state index is 0.0936. The van der Waals surface area contributed by atoms with Gasteiger partial charge in [0.2, 0.25) is 12.0 Å². The number of phenols is 2. The van der Waals surface area contributed by atoms with Gasteiger partial charge in [-0.3, -0.25) is 4.79 Å². The van der Waals surface area contributed by atoms with E-state index in [2.05, 4.69) is 0 Å². The van der Waals surface area contributed by atoms with Crippen molar-refractivity contribution in [3.05, 3.63) is 41.5 Å². The predicted octanol–water partition coefficient (Wildman–Crippen LogP) is 0.0839. The molecule has 0 aromatic heterocycles. The number of carbonyl (C=O) groups excluding carboxylic acids is 1. The molecule has 1 fully saturated rings. The number of Topliss-reactive ketones (excluding diaryl/α,β-unsaturated/α-hetero) is 1. The van der Waals surface area contributed by atoms with Crippen LogP contribution in [0.2, 0.25) is 0 Å². The molecule has 6 atom stereocenters. The number of methoxy groups -OCH3 is 1. The number of fused-ring (bicyclic) bond motifs is 1. The Bertz CT molecular complexity index is 1120. The summed E-state index contributed by atoms with van der Waals surface area (Å²) in [6.07, 6.45) is -10.5. The molecular weight excluding hydrogens is 456 g/mol. The van der Waals surface area contributed by atoms with E-state index in [4.69, 9.17) is 18.9 Å². The van der Waals surface area contributed by atoms with E-state index in [9.17, 15) is 40.2 Å². The third-order valence-electron chi connectivity index (χ3n) is 5.65. The maximum absolute atomic E-state index is 12.8. The SMILES string of the molecule is COc1c(O[C@@H]2O[C@H](C(=O)O)[C@@H](O)[C@H](O)[C@H]2O)cc2c(c1O)C(=O)CC(c1ccccc1O)O2. The van der Waals surface area contributed by atoms with E-state index >= 15 is 0 Å². The minimum Gasteiger partial charge on any atom is -0.508 e. The maximum Gasteiger partial charge on any atom is 0.335 e. The van der Waals surface area contributed by atoms with Crippen LogP contribution in [0.4, 0.5) is 0 Å². The van der Waals surface area contributed by atoms with Gasteiger partial charge in [0.25, 0.3) is 0 Å². The minimum atomic E-state index is -1.92. The van der Waals surface area contributed by atoms with Crippen molar-refractivity contribution >= 4 is 11.8 Å². The zero-order valence-electron chi connectivity index (χ0n) is 17.7. The number of aliphatic carboxylic acids is 1. The highest BCUT2D eigenvalue weighted by Crippen LogP contribution is 2.50. The first-order valence-electron chi connectivity index (χ1n) is 10.1. The lowest BCUT2D eigenvalue weighted by atomic mass is 9.94. The standard InChI is InChI=1S/C22H22O12/c1-31-19-13(33-22-18(28)16(26)17(27)20(34-22)21(29)30)7-12-14(15(19)25)10(24)6-11(32-12)8-4-2-3-5-9(8)23/h2-5,7,11,16-18,20,22-23,25-28H,6H2,1H3,(H,29,30)/t11?,16-,17-,18+,20-,22+/m0/s1. The number of rotatable bonds is 5. The maximum atomic E-state index is 12.8. The van der Waals surface area contributed by atoms with E-state index in [0.717, 1.165) is 0 Å². The lowest BCUT2D eigenvalue weighted by Crippen LogP contribution is -2.61. The quantitative estimate of drug-likeness (QED) is 0.340. The van der Waals surface area contributed by atoms with Crippen molar-refractivity contribution in [1.29, 1.82) is 0 Å². The lowest BCUT2D eigenvalue weighted by molar-refractivity contribution is -0.271. The first-order chi connectivity index (χ1) is 16.1. The molecule has 34 heavy (non-hydrogen) atoms. The fraction of sp³-hybridized carbons (Fsp3) is 0.364. The number of carboxylic acids is 1. The summed E-state index contributed by atoms with van der Waals surface area (Å²) in [6.45, 7) is 0. The first-order valence-corrected chi connectivity index (χ1v) is 10.1. The van der Waals surface area contributed by atoms with Gasteiger partial charge < -0.3 is 49.6 Å². The van der Waals surface area contributed by atoms with Gasteiger partial charge in [0.1, 0.15) is 41.5 Å². The first kappa shape index (κ1) is 23.6. The number of hydrogen-bond acceptors (Lipinski definition) is 11. The highest BCUT2D eigenvalue weighted by molar-refractivity contribution is 6.03. The van der Waals surface area contributed by atoms with Crippen molar-refractivity contribution in [3.8, 4) is 28.7 Å². The Morgan fingerprint density at radius 2 is 1.79 bits per heavy atom. The highest BCUT2D eigenvalue weighted by Gasteiger charge is 2.48. The Kier molecular flexibility index (Phi) is 6.23. The number of para-hydroxylation sites is 1. The predicted molar refractivity (Wildman–Crippen MR) is 110 cm³/mol. The number of ketones is 1. The van der Waals surface area contributed by atoms with Gasteiger partial charge in [-0.15, -0.1) is 0 Å². The summed E-state index contributed by atoms with van der Waals surface area (Å²) in [6, 6.07) is 7.43. The molecule has 6 N–H and O–H groups in total. The van der Waals surface area contributed by atoms with Gasteiger partial charge in [-0.05, 0) is 6.07 Å². The van der Waals surface area contributed by atoms with Gasteiger partial charge in [-0.25, -0.2) is 4.79 Å². The van der Waals surface area contributed by atoms with Crippen molar-refractivity contribution in [2.45, 2.75) is 43.2 Å². The molecule has 0 radical (unpaired) electrons. The van der Waals surface area contributed by atoms with Gasteiger partial charge in [0.15, 0.2) is 23.4 Å². The summed E-state index contributed by atoms with van der Waals surface area (Å²) >= 11 is 0. The fourth-order valence-corrected chi connectivity index (χ4v) is 3.92. The van der Waals surface area contributed by atoms with Gasteiger partial charge in [0, 0.05) is 11.6 Å². The zero-order chi connectivity index (χ0) is 24.7. The number of aliphatic hydroxyl groups is 3. The van der Waals surface area contributed by atoms with E-state index in [1.54, 1.807) is 18.2 Å². The van der Waals surface area contributed by atoms with E-state index in [1.807, 2.05) is 0 Å². The molecular formula is C22H22O12. The summed E-state index contributed by atoms with van der Waals surface area (Å²) in [5.41, 5.74) is 0.145. The second-order valence-corrected chi connectivity index (χ2v) is 7.78. The summed E-state index contributed by atoms with van der Waals surface area (Å²) < 4.78 is 21.6. The number of aliphatic hydroxyl groups excluding tert-OH is 3. The average Bonchev–Trinajstić information content (AvgIpc) is 2.79. The van der Waals surface area contributed by atoms with Crippen LogP contribution in [0, 0.1) is 0 Å². The summed E-state index contributed by atoms with van der Waals surface area (Å²) in [4.78, 5) is 24.2. The van der Waals surface area contributed by atoms with Crippen LogP contribution in [0.15, 0.2) is 30.3 Å². The van der Waals surface area contributed by atoms with E-state index < -0.39 is 54.3 Å². The van der Waals surface area contributed by atoms with Crippen LogP contribution in [0.1, 0.15) is 28.4 Å². The lowest BCUT2D eigenvalue weighted by Gasteiger charge is -2.38. The summed E-state index contributed by atoms with van der Waals surface area (Å²) in [5, 5.41) is 60.1. The molecule has 182 valence electrons. The number of hydrogen-bond donors (Lipinski definition) is 6. The molecule has 2 aliphatic heterocycles. The third-order valence-corrected chi connectivity index (χ3v) is 5.65. The van der Waals surface area contributed by atoms with Crippen molar-refractivity contribution in [3.63, 3.8) is 0 Å². The number of carbonyl (C=O) groups is 2. The Morgan fingerprint density at radius 1 is 1.09 bits per heavy atom. The Labute approximate surface area is 192 Å². The van der Waals surface area contributed by atoms with Crippen LogP contribution in [-0.4, -0.2) is 80.2 Å². The smallest absolute Gasteiger partial charge is 0.335 e. The fourth-order valence-electron chi connectivity index (χ4n) is 3.92. The Morgan fingerprint density at radius 3 is 2.44 bits per heavy atom. The molecule has 0 saturated carbocycles. The zero-order valence-corrected chi connectivity index (χ0v) is 17.7. The van der Waals surface area contributed by atoms with Gasteiger partial charge in [-0.1, -0.05) is 18.2 Å². The van der Waals surface area contributed by atoms with Crippen LogP contribution in [-0.2, 0) is 9.53 Å². The Balaban J connectivity index is 1.70. The second kappa shape index (κ2) is 8.99. The van der Waals surface area contributed by atoms with Gasteiger partial charge in [-0.2, -0.15) is 0 Å². The molecule has 0 amide bonds. The van der Waals surface area contributed by atoms with Crippen LogP contribution >= 0.6 is 0 Å². The number of ether oxygens (including phenoxy) is 4. The molecule has 0 bridgehead atoms. The third kappa shape index (κ3) is 3.96. The summed E-state index contributed by atoms with van der Waals surface area (Å²) in [5.74, 6) is -3.60. The van der Waals surface area contributed by atoms with E-state index in [0.29, 0.717) is 5.56 Å². The van der Waals surface area contributed by atoms with Crippen LogP contribution < -0.4 is 14.2 Å². The van der Waals surface area contributed by atoms with Crippen molar-refractivity contribution < 1.29 is 59.2 Å². The second-order valence-electron chi connectivity index (χ2n) is 7.78. The van der Waals surface area contributed by atoms with Crippen molar-refractivity contribution in [2.24, 2.45) is 0 Å². The van der Waals surface area contributed by atoms with Crippen LogP contribution in [0.3, 0.4) is 0 Å². The monoisotopic (exact) mass is 478 g/mol. The normalized spacial score (nSPS) is 28.5. The average molecular weight is 478 g/mol. The topological polar surface area (TPSA) is 192 Å². The molecule has 1 unspecified atom stereocenters. The molecule has 2 aliphatic rings. The molecule has 2 aromatic carbocycles. The largest absolute Gasteiger partial charge is 0.508 e.